The van der Waals surface area contributed by atoms with Gasteiger partial charge in [0.1, 0.15) is 0 Å². The molecule has 0 saturated carbocycles. The lowest BCUT2D eigenvalue weighted by molar-refractivity contribution is 1.18. The van der Waals surface area contributed by atoms with E-state index in [0.29, 0.717) is 0 Å². The van der Waals surface area contributed by atoms with Gasteiger partial charge in [-0.2, -0.15) is 0 Å². The first-order chi connectivity index (χ1) is 30.8. The van der Waals surface area contributed by atoms with Gasteiger partial charge in [-0.1, -0.05) is 182 Å². The van der Waals surface area contributed by atoms with E-state index in [0.717, 1.165) is 11.4 Å². The number of para-hydroxylation sites is 4. The summed E-state index contributed by atoms with van der Waals surface area (Å²) >= 11 is 0. The van der Waals surface area contributed by atoms with Crippen LogP contribution in [0.3, 0.4) is 0 Å². The average molecular weight is 789 g/mol. The highest BCUT2D eigenvalue weighted by atomic mass is 15.0. The predicted octanol–water partition coefficient (Wildman–Crippen LogP) is 16.2. The molecular formula is C60H40N2. The average Bonchev–Trinajstić information content (AvgIpc) is 3.87. The van der Waals surface area contributed by atoms with Crippen LogP contribution in [0.15, 0.2) is 243 Å². The lowest BCUT2D eigenvalue weighted by atomic mass is 9.85. The van der Waals surface area contributed by atoms with Gasteiger partial charge in [0, 0.05) is 32.9 Å². The molecule has 2 heteroatoms. The number of fused-ring (bicyclic) bond motifs is 6. The Bertz CT molecular complexity index is 3580. The fourth-order valence-corrected chi connectivity index (χ4v) is 9.63. The Balaban J connectivity index is 1.03. The predicted molar refractivity (Wildman–Crippen MR) is 262 cm³/mol. The lowest BCUT2D eigenvalue weighted by Gasteiger charge is -2.19. The van der Waals surface area contributed by atoms with Gasteiger partial charge in [-0.15, -0.1) is 0 Å². The Kier molecular flexibility index (Phi) is 8.53. The zero-order valence-electron chi connectivity index (χ0n) is 34.0. The van der Waals surface area contributed by atoms with E-state index < -0.39 is 0 Å². The molecule has 0 bridgehead atoms. The topological polar surface area (TPSA) is 9.86 Å². The van der Waals surface area contributed by atoms with E-state index >= 15 is 0 Å². The van der Waals surface area contributed by atoms with Crippen molar-refractivity contribution in [1.29, 1.82) is 0 Å². The molecule has 12 aromatic rings. The van der Waals surface area contributed by atoms with Gasteiger partial charge in [-0.25, -0.2) is 0 Å². The summed E-state index contributed by atoms with van der Waals surface area (Å²) in [5.74, 6) is 0. The molecule has 12 rings (SSSR count). The van der Waals surface area contributed by atoms with Gasteiger partial charge in [0.2, 0.25) is 0 Å². The number of nitrogens with zero attached hydrogens (tertiary/aromatic N) is 2. The summed E-state index contributed by atoms with van der Waals surface area (Å²) < 4.78 is 4.80. The Hall–Kier alpha value is -8.20. The second-order valence-corrected chi connectivity index (χ2v) is 16.1. The minimum Gasteiger partial charge on any atom is -0.309 e. The molecule has 10 aromatic carbocycles. The van der Waals surface area contributed by atoms with Gasteiger partial charge < -0.3 is 9.13 Å². The van der Waals surface area contributed by atoms with Gasteiger partial charge in [0.15, 0.2) is 0 Å². The van der Waals surface area contributed by atoms with Crippen molar-refractivity contribution >= 4 is 43.6 Å². The Morgan fingerprint density at radius 3 is 1.00 bits per heavy atom. The maximum absolute atomic E-state index is 2.42. The van der Waals surface area contributed by atoms with E-state index in [4.69, 9.17) is 0 Å². The number of hydrogen-bond acceptors (Lipinski definition) is 0. The fourth-order valence-electron chi connectivity index (χ4n) is 9.63. The third-order valence-corrected chi connectivity index (χ3v) is 12.5. The highest BCUT2D eigenvalue weighted by molar-refractivity contribution is 6.12. The molecule has 0 aliphatic rings. The molecule has 2 heterocycles. The van der Waals surface area contributed by atoms with Crippen molar-refractivity contribution < 1.29 is 0 Å². The summed E-state index contributed by atoms with van der Waals surface area (Å²) in [5, 5.41) is 5.02. The summed E-state index contributed by atoms with van der Waals surface area (Å²) in [6.07, 6.45) is 0. The summed E-state index contributed by atoms with van der Waals surface area (Å²) in [7, 11) is 0. The molecule has 290 valence electrons. The molecule has 0 amide bonds. The van der Waals surface area contributed by atoms with Crippen LogP contribution in [0, 0.1) is 0 Å². The van der Waals surface area contributed by atoms with Crippen molar-refractivity contribution in [2.75, 3.05) is 0 Å². The fraction of sp³-hybridized carbons (Fsp3) is 0. The minimum atomic E-state index is 1.15. The summed E-state index contributed by atoms with van der Waals surface area (Å²) in [4.78, 5) is 0. The maximum Gasteiger partial charge on any atom is 0.0547 e. The van der Waals surface area contributed by atoms with Crippen LogP contribution in [0.2, 0.25) is 0 Å². The summed E-state index contributed by atoms with van der Waals surface area (Å²) in [6.45, 7) is 0. The largest absolute Gasteiger partial charge is 0.309 e. The normalized spacial score (nSPS) is 11.5. The molecule has 62 heavy (non-hydrogen) atoms. The van der Waals surface area contributed by atoms with E-state index in [1.165, 1.54) is 99.2 Å². The number of hydrogen-bond donors (Lipinski definition) is 0. The van der Waals surface area contributed by atoms with Crippen LogP contribution in [0.1, 0.15) is 0 Å². The zero-order chi connectivity index (χ0) is 41.0. The maximum atomic E-state index is 2.42. The smallest absolute Gasteiger partial charge is 0.0547 e. The van der Waals surface area contributed by atoms with Crippen LogP contribution >= 0.6 is 0 Å². The molecule has 2 aromatic heterocycles. The Morgan fingerprint density at radius 1 is 0.194 bits per heavy atom. The van der Waals surface area contributed by atoms with Gasteiger partial charge in [0.05, 0.1) is 22.1 Å². The van der Waals surface area contributed by atoms with Gasteiger partial charge >= 0.3 is 0 Å². The monoisotopic (exact) mass is 788 g/mol. The molecule has 2 nitrogen and oxygen atoms in total. The van der Waals surface area contributed by atoms with Crippen LogP contribution in [-0.4, -0.2) is 9.13 Å². The molecule has 0 radical (unpaired) electrons. The molecule has 0 spiro atoms. The Morgan fingerprint density at radius 2 is 0.516 bits per heavy atom. The number of rotatable bonds is 7. The molecular weight excluding hydrogens is 749 g/mol. The van der Waals surface area contributed by atoms with Crippen LogP contribution in [0.4, 0.5) is 0 Å². The van der Waals surface area contributed by atoms with Gasteiger partial charge in [-0.05, 0) is 116 Å². The lowest BCUT2D eigenvalue weighted by Crippen LogP contribution is -1.95. The summed E-state index contributed by atoms with van der Waals surface area (Å²) in [5.41, 5.74) is 19.0. The van der Waals surface area contributed by atoms with Crippen LogP contribution < -0.4 is 0 Å². The van der Waals surface area contributed by atoms with Crippen LogP contribution in [-0.2, 0) is 0 Å². The van der Waals surface area contributed by atoms with Crippen molar-refractivity contribution in [3.8, 4) is 67.0 Å². The first-order valence-corrected chi connectivity index (χ1v) is 21.3. The van der Waals surface area contributed by atoms with E-state index in [1.54, 1.807) is 0 Å². The molecule has 0 saturated heterocycles. The number of aromatic nitrogens is 2. The summed E-state index contributed by atoms with van der Waals surface area (Å²) in [6, 6.07) is 88.5. The van der Waals surface area contributed by atoms with Crippen LogP contribution in [0.5, 0.6) is 0 Å². The molecule has 0 unspecified atom stereocenters. The van der Waals surface area contributed by atoms with Crippen molar-refractivity contribution in [3.63, 3.8) is 0 Å². The van der Waals surface area contributed by atoms with E-state index in [2.05, 4.69) is 252 Å². The van der Waals surface area contributed by atoms with E-state index in [1.807, 2.05) is 0 Å². The Labute approximate surface area is 360 Å². The quantitative estimate of drug-likeness (QED) is 0.152. The highest BCUT2D eigenvalue weighted by Crippen LogP contribution is 2.44. The van der Waals surface area contributed by atoms with Crippen molar-refractivity contribution in [3.05, 3.63) is 243 Å². The van der Waals surface area contributed by atoms with E-state index in [9.17, 15) is 0 Å². The highest BCUT2D eigenvalue weighted by Gasteiger charge is 2.19. The molecule has 0 N–H and O–H groups in total. The van der Waals surface area contributed by atoms with E-state index in [-0.39, 0.29) is 0 Å². The second kappa shape index (κ2) is 14.8. The molecule has 0 atom stereocenters. The third-order valence-electron chi connectivity index (χ3n) is 12.5. The first-order valence-electron chi connectivity index (χ1n) is 21.3. The van der Waals surface area contributed by atoms with Gasteiger partial charge in [0.25, 0.3) is 0 Å². The SMILES string of the molecule is c1ccc(-c2cc(-c3ccc4c5ccccc5n(-c5ccccc5)c4c3)c(-c3ccccc3)cc2-c2ccc(-c3ccc4c5ccccc5n(-c5ccccc5)c4c3)cc2)cc1. The van der Waals surface area contributed by atoms with Crippen molar-refractivity contribution in [1.82, 2.24) is 9.13 Å². The van der Waals surface area contributed by atoms with Gasteiger partial charge in [-0.3, -0.25) is 0 Å². The standard InChI is InChI=1S/C60H40N2/c1-5-17-42(18-6-1)53-40-56(46-34-36-52-50-26-14-16-28-58(50)62(60(52)38-46)48-23-11-4-12-24-48)54(43-19-7-2-8-20-43)39-55(53)44-31-29-41(30-32-44)45-33-35-51-49-25-13-15-27-57(49)61(59(51)37-45)47-21-9-3-10-22-47/h1-40H. The number of benzene rings is 10. The second-order valence-electron chi connectivity index (χ2n) is 16.1. The van der Waals surface area contributed by atoms with Crippen molar-refractivity contribution in [2.45, 2.75) is 0 Å². The minimum absolute atomic E-state index is 1.15. The van der Waals surface area contributed by atoms with Crippen molar-refractivity contribution in [2.24, 2.45) is 0 Å². The molecule has 0 aliphatic carbocycles. The van der Waals surface area contributed by atoms with Crippen LogP contribution in [0.25, 0.3) is 111 Å². The molecule has 0 aliphatic heterocycles. The first kappa shape index (κ1) is 35.7. The third kappa shape index (κ3) is 5.96. The molecule has 0 fully saturated rings. The zero-order valence-corrected chi connectivity index (χ0v) is 34.0.